The lowest BCUT2D eigenvalue weighted by Crippen LogP contribution is -2.40. The first-order valence-electron chi connectivity index (χ1n) is 8.79. The van der Waals surface area contributed by atoms with Gasteiger partial charge < -0.3 is 9.47 Å². The van der Waals surface area contributed by atoms with Gasteiger partial charge >= 0.3 is 11.9 Å². The molecule has 24 heavy (non-hydrogen) atoms. The summed E-state index contributed by atoms with van der Waals surface area (Å²) in [7, 11) is 0. The second kappa shape index (κ2) is 9.74. The molecule has 140 valence electrons. The molecular weight excluding hydrogens is 308 g/mol. The predicted molar refractivity (Wildman–Crippen MR) is 93.8 cm³/mol. The van der Waals surface area contributed by atoms with Gasteiger partial charge in [0.15, 0.2) is 11.1 Å². The van der Waals surface area contributed by atoms with Crippen LogP contribution in [0.3, 0.4) is 0 Å². The minimum atomic E-state index is -1.10. The second-order valence-electron chi connectivity index (χ2n) is 7.38. The molecule has 0 aromatic rings. The third-order valence-corrected chi connectivity index (χ3v) is 3.53. The lowest BCUT2D eigenvalue weighted by Gasteiger charge is -2.28. The Hall–Kier alpha value is -1.46. The molecule has 0 radical (unpaired) electrons. The third kappa shape index (κ3) is 6.97. The van der Waals surface area contributed by atoms with Crippen LogP contribution in [0.4, 0.5) is 0 Å². The molecule has 0 bridgehead atoms. The van der Waals surface area contributed by atoms with E-state index in [4.69, 9.17) is 9.47 Å². The van der Waals surface area contributed by atoms with Crippen LogP contribution in [0.5, 0.6) is 0 Å². The maximum atomic E-state index is 12.3. The monoisotopic (exact) mass is 342 g/mol. The van der Waals surface area contributed by atoms with Crippen molar-refractivity contribution in [2.45, 2.75) is 79.3 Å². The molecule has 0 fully saturated rings. The summed E-state index contributed by atoms with van der Waals surface area (Å²) in [5.74, 6) is -0.369. The van der Waals surface area contributed by atoms with Crippen molar-refractivity contribution in [3.63, 3.8) is 0 Å². The van der Waals surface area contributed by atoms with Gasteiger partial charge in [-0.15, -0.1) is 0 Å². The SMILES string of the molecule is CCOC(=O)C(C)(CC(C)C)N=NC(C)(CC(C)C)C(=O)OCC. The van der Waals surface area contributed by atoms with Crippen LogP contribution in [0.1, 0.15) is 68.2 Å². The Morgan fingerprint density at radius 3 is 1.29 bits per heavy atom. The summed E-state index contributed by atoms with van der Waals surface area (Å²) in [6, 6.07) is 0. The van der Waals surface area contributed by atoms with Crippen molar-refractivity contribution in [2.75, 3.05) is 13.2 Å². The van der Waals surface area contributed by atoms with Crippen molar-refractivity contribution in [2.24, 2.45) is 22.1 Å². The molecule has 0 rings (SSSR count). The minimum absolute atomic E-state index is 0.234. The fraction of sp³-hybridized carbons (Fsp3) is 0.889. The Labute approximate surface area is 146 Å². The molecule has 2 atom stereocenters. The van der Waals surface area contributed by atoms with Gasteiger partial charge in [0.25, 0.3) is 0 Å². The summed E-state index contributed by atoms with van der Waals surface area (Å²) >= 11 is 0. The molecule has 2 unspecified atom stereocenters. The number of hydrogen-bond acceptors (Lipinski definition) is 6. The highest BCUT2D eigenvalue weighted by Gasteiger charge is 2.40. The highest BCUT2D eigenvalue weighted by molar-refractivity contribution is 5.81. The first-order valence-corrected chi connectivity index (χ1v) is 8.79. The molecule has 0 amide bonds. The lowest BCUT2D eigenvalue weighted by molar-refractivity contribution is -0.152. The second-order valence-corrected chi connectivity index (χ2v) is 7.38. The molecule has 0 heterocycles. The molecule has 6 nitrogen and oxygen atoms in total. The van der Waals surface area contributed by atoms with Gasteiger partial charge in [0.1, 0.15) is 0 Å². The summed E-state index contributed by atoms with van der Waals surface area (Å²) in [4.78, 5) is 24.7. The molecule has 0 aliphatic carbocycles. The fourth-order valence-electron chi connectivity index (χ4n) is 2.71. The lowest BCUT2D eigenvalue weighted by atomic mass is 9.90. The molecule has 0 saturated carbocycles. The van der Waals surface area contributed by atoms with E-state index in [9.17, 15) is 9.59 Å². The van der Waals surface area contributed by atoms with Crippen molar-refractivity contribution in [1.82, 2.24) is 0 Å². The minimum Gasteiger partial charge on any atom is -0.464 e. The Bertz CT molecular complexity index is 408. The molecule has 0 aromatic heterocycles. The van der Waals surface area contributed by atoms with Crippen LogP contribution in [0.25, 0.3) is 0 Å². The molecule has 0 aromatic carbocycles. The number of ether oxygens (including phenoxy) is 2. The zero-order valence-corrected chi connectivity index (χ0v) is 16.5. The van der Waals surface area contributed by atoms with E-state index >= 15 is 0 Å². The van der Waals surface area contributed by atoms with E-state index in [1.165, 1.54) is 0 Å². The highest BCUT2D eigenvalue weighted by atomic mass is 16.5. The zero-order chi connectivity index (χ0) is 19.0. The summed E-state index contributed by atoms with van der Waals surface area (Å²) in [5, 5.41) is 8.58. The van der Waals surface area contributed by atoms with E-state index in [2.05, 4.69) is 10.2 Å². The number of azo groups is 1. The smallest absolute Gasteiger partial charge is 0.335 e. The van der Waals surface area contributed by atoms with Crippen LogP contribution in [0.15, 0.2) is 10.2 Å². The summed E-state index contributed by atoms with van der Waals surface area (Å²) < 4.78 is 10.3. The Balaban J connectivity index is 5.64. The molecule has 0 aliphatic rings. The van der Waals surface area contributed by atoms with Gasteiger partial charge in [-0.05, 0) is 52.4 Å². The molecule has 6 heteroatoms. The quantitative estimate of drug-likeness (QED) is 0.441. The van der Waals surface area contributed by atoms with E-state index in [0.717, 1.165) is 0 Å². The number of carbonyl (C=O) groups excluding carboxylic acids is 2. The topological polar surface area (TPSA) is 77.3 Å². The Morgan fingerprint density at radius 2 is 1.08 bits per heavy atom. The van der Waals surface area contributed by atoms with Crippen LogP contribution in [0.2, 0.25) is 0 Å². The van der Waals surface area contributed by atoms with Gasteiger partial charge in [0, 0.05) is 0 Å². The maximum absolute atomic E-state index is 12.3. The van der Waals surface area contributed by atoms with Crippen LogP contribution in [-0.2, 0) is 19.1 Å². The number of hydrogen-bond donors (Lipinski definition) is 0. The van der Waals surface area contributed by atoms with E-state index in [1.807, 2.05) is 27.7 Å². The molecular formula is C18H34N2O4. The van der Waals surface area contributed by atoms with Gasteiger partial charge in [-0.2, -0.15) is 10.2 Å². The van der Waals surface area contributed by atoms with Crippen molar-refractivity contribution in [1.29, 1.82) is 0 Å². The van der Waals surface area contributed by atoms with Crippen molar-refractivity contribution < 1.29 is 19.1 Å². The summed E-state index contributed by atoms with van der Waals surface area (Å²) in [5.41, 5.74) is -2.20. The summed E-state index contributed by atoms with van der Waals surface area (Å²) in [6.45, 7) is 15.5. The largest absolute Gasteiger partial charge is 0.464 e. The Morgan fingerprint density at radius 1 is 0.792 bits per heavy atom. The first-order chi connectivity index (χ1) is 11.0. The predicted octanol–water partition coefficient (Wildman–Crippen LogP) is 4.17. The standard InChI is InChI=1S/C18H34N2O4/c1-9-23-15(21)17(7,11-13(3)4)19-20-18(8,12-14(5)6)16(22)24-10-2/h13-14H,9-12H2,1-8H3. The van der Waals surface area contributed by atoms with Crippen LogP contribution < -0.4 is 0 Å². The van der Waals surface area contributed by atoms with Crippen molar-refractivity contribution >= 4 is 11.9 Å². The van der Waals surface area contributed by atoms with Gasteiger partial charge in [-0.1, -0.05) is 27.7 Å². The average molecular weight is 342 g/mol. The fourth-order valence-corrected chi connectivity index (χ4v) is 2.71. The number of esters is 2. The van der Waals surface area contributed by atoms with Gasteiger partial charge in [-0.25, -0.2) is 9.59 Å². The van der Waals surface area contributed by atoms with Gasteiger partial charge in [0.05, 0.1) is 13.2 Å². The van der Waals surface area contributed by atoms with Crippen LogP contribution >= 0.6 is 0 Å². The first kappa shape index (κ1) is 22.5. The Kier molecular flexibility index (Phi) is 9.15. The average Bonchev–Trinajstić information content (AvgIpc) is 2.44. The molecule has 0 N–H and O–H groups in total. The van der Waals surface area contributed by atoms with Crippen LogP contribution in [-0.4, -0.2) is 36.2 Å². The van der Waals surface area contributed by atoms with E-state index in [-0.39, 0.29) is 25.0 Å². The summed E-state index contributed by atoms with van der Waals surface area (Å²) in [6.07, 6.45) is 0.992. The van der Waals surface area contributed by atoms with E-state index < -0.39 is 23.0 Å². The zero-order valence-electron chi connectivity index (χ0n) is 16.5. The number of rotatable bonds is 10. The maximum Gasteiger partial charge on any atom is 0.335 e. The van der Waals surface area contributed by atoms with Crippen molar-refractivity contribution in [3.05, 3.63) is 0 Å². The molecule has 0 spiro atoms. The number of carbonyl (C=O) groups is 2. The number of nitrogens with zero attached hydrogens (tertiary/aromatic N) is 2. The molecule has 0 aliphatic heterocycles. The third-order valence-electron chi connectivity index (χ3n) is 3.53. The normalized spacial score (nSPS) is 16.9. The van der Waals surface area contributed by atoms with Crippen LogP contribution in [0, 0.1) is 11.8 Å². The highest BCUT2D eigenvalue weighted by Crippen LogP contribution is 2.29. The molecule has 0 saturated heterocycles. The van der Waals surface area contributed by atoms with Gasteiger partial charge in [0.2, 0.25) is 0 Å². The van der Waals surface area contributed by atoms with Crippen molar-refractivity contribution in [3.8, 4) is 0 Å². The van der Waals surface area contributed by atoms with E-state index in [0.29, 0.717) is 12.8 Å². The van der Waals surface area contributed by atoms with Gasteiger partial charge in [-0.3, -0.25) is 0 Å². The van der Waals surface area contributed by atoms with E-state index in [1.54, 1.807) is 27.7 Å².